The van der Waals surface area contributed by atoms with Gasteiger partial charge in [0.15, 0.2) is 34.6 Å². The number of phenolic OH excluding ortho intramolecular Hbond substituents is 1. The van der Waals surface area contributed by atoms with Crippen LogP contribution >= 0.6 is 0 Å². The zero-order valence-electron chi connectivity index (χ0n) is 25.6. The summed E-state index contributed by atoms with van der Waals surface area (Å²) in [4.78, 5) is 54.3. The molecule has 4 heterocycles. The molecule has 6 N–H and O–H groups in total. The number of para-hydroxylation sites is 1. The fourth-order valence-electron chi connectivity index (χ4n) is 6.96. The Hall–Kier alpha value is -5.32. The molecule has 15 heteroatoms. The second-order valence-electron chi connectivity index (χ2n) is 12.2. The van der Waals surface area contributed by atoms with Crippen LogP contribution in [0.2, 0.25) is 0 Å². The number of ether oxygens (including phenoxy) is 3. The highest BCUT2D eigenvalue weighted by molar-refractivity contribution is 6.72. The standard InChI is InChI=1S/C34H29N5O10/c35-34-37-31-23(32(46)38-34)36-13-39(31)20-8-4-3-5-15(20)14-9-10-47-12-21-26(42)28(44)29(45)33(48-21)49-30-18(14)11-19-22(27(30)43)25(41)17-7-2-1-6-16(17)24(19)40/h1-8,11,14,21,26,28-29,33,42-45H,9-10,12-13H2,(H2,35,38,46)/t14-,21-,26-,28+,29-,33+/m0/s1. The first-order valence-corrected chi connectivity index (χ1v) is 15.5. The monoisotopic (exact) mass is 667 g/mol. The average molecular weight is 668 g/mol. The first kappa shape index (κ1) is 31.0. The number of hydrogen-bond acceptors (Lipinski definition) is 14. The maximum Gasteiger partial charge on any atom is 0.302 e. The van der Waals surface area contributed by atoms with Gasteiger partial charge in [-0.05, 0) is 24.1 Å². The van der Waals surface area contributed by atoms with Gasteiger partial charge in [-0.2, -0.15) is 9.98 Å². The van der Waals surface area contributed by atoms with Crippen LogP contribution in [0.4, 0.5) is 5.69 Å². The van der Waals surface area contributed by atoms with Gasteiger partial charge in [-0.25, -0.2) is 0 Å². The highest BCUT2D eigenvalue weighted by Gasteiger charge is 2.47. The van der Waals surface area contributed by atoms with E-state index in [2.05, 4.69) is 15.0 Å². The van der Waals surface area contributed by atoms with Gasteiger partial charge in [-0.3, -0.25) is 19.4 Å². The number of ketones is 2. The van der Waals surface area contributed by atoms with Gasteiger partial charge in [0.05, 0.1) is 12.2 Å². The number of rotatable bonds is 2. The van der Waals surface area contributed by atoms with Gasteiger partial charge in [0.1, 0.15) is 31.1 Å². The van der Waals surface area contributed by atoms with E-state index in [0.29, 0.717) is 11.3 Å². The molecule has 4 aliphatic heterocycles. The number of aliphatic hydroxyl groups is 3. The Balaban J connectivity index is 1.33. The Bertz CT molecular complexity index is 2040. The number of carbonyl (C=O) groups is 3. The number of amidine groups is 1. The lowest BCUT2D eigenvalue weighted by Crippen LogP contribution is -2.60. The number of aliphatic imine (C=N–C) groups is 3. The highest BCUT2D eigenvalue weighted by Crippen LogP contribution is 2.49. The predicted octanol–water partition coefficient (Wildman–Crippen LogP) is 0.378. The molecule has 0 unspecified atom stereocenters. The summed E-state index contributed by atoms with van der Waals surface area (Å²) in [6.07, 6.45) is -7.50. The number of nitrogens with zero attached hydrogens (tertiary/aromatic N) is 4. The minimum atomic E-state index is -1.77. The van der Waals surface area contributed by atoms with Crippen LogP contribution in [-0.2, 0) is 14.3 Å². The molecule has 2 bridgehead atoms. The number of amides is 1. The third-order valence-corrected chi connectivity index (χ3v) is 9.36. The van der Waals surface area contributed by atoms with Crippen molar-refractivity contribution in [2.45, 2.75) is 43.0 Å². The zero-order valence-corrected chi connectivity index (χ0v) is 25.6. The van der Waals surface area contributed by atoms with E-state index in [1.54, 1.807) is 41.3 Å². The first-order chi connectivity index (χ1) is 23.6. The fraction of sp³-hybridized carbons (Fsp3) is 0.294. The van der Waals surface area contributed by atoms with Crippen molar-refractivity contribution in [1.29, 1.82) is 0 Å². The maximum atomic E-state index is 13.9. The smallest absolute Gasteiger partial charge is 0.302 e. The number of aliphatic hydroxyl groups excluding tert-OH is 3. The number of nitrogens with two attached hydrogens (primary N) is 1. The van der Waals surface area contributed by atoms with Crippen LogP contribution < -0.4 is 15.4 Å². The van der Waals surface area contributed by atoms with Crippen LogP contribution in [0.5, 0.6) is 11.5 Å². The van der Waals surface area contributed by atoms with Gasteiger partial charge < -0.3 is 45.3 Å². The van der Waals surface area contributed by atoms with Crippen LogP contribution in [0.1, 0.15) is 55.3 Å². The Morgan fingerprint density at radius 3 is 2.39 bits per heavy atom. The third kappa shape index (κ3) is 4.85. The number of anilines is 1. The van der Waals surface area contributed by atoms with E-state index in [4.69, 9.17) is 19.9 Å². The fourth-order valence-corrected chi connectivity index (χ4v) is 6.96. The number of carbonyl (C=O) groups excluding carboxylic acids is 3. The number of benzene rings is 3. The molecule has 8 rings (SSSR count). The Labute approximate surface area is 277 Å². The molecule has 0 spiro atoms. The minimum absolute atomic E-state index is 0.0189. The van der Waals surface area contributed by atoms with Crippen molar-refractivity contribution in [2.75, 3.05) is 24.8 Å². The lowest BCUT2D eigenvalue weighted by atomic mass is 9.79. The molecule has 0 aromatic heterocycles. The van der Waals surface area contributed by atoms with Crippen LogP contribution in [0.15, 0.2) is 69.6 Å². The van der Waals surface area contributed by atoms with E-state index >= 15 is 0 Å². The van der Waals surface area contributed by atoms with E-state index in [0.717, 1.165) is 0 Å². The number of phenols is 1. The number of fused-ring (bicyclic) bond motifs is 6. The van der Waals surface area contributed by atoms with Crippen molar-refractivity contribution in [1.82, 2.24) is 0 Å². The second-order valence-corrected chi connectivity index (χ2v) is 12.2. The summed E-state index contributed by atoms with van der Waals surface area (Å²) in [6, 6.07) is 14.9. The maximum absolute atomic E-state index is 13.9. The summed E-state index contributed by atoms with van der Waals surface area (Å²) in [5.74, 6) is -3.41. The topological polar surface area (TPSA) is 226 Å². The van der Waals surface area contributed by atoms with Crippen LogP contribution in [-0.4, -0.2) is 106 Å². The molecule has 49 heavy (non-hydrogen) atoms. The van der Waals surface area contributed by atoms with Crippen LogP contribution in [0.25, 0.3) is 0 Å². The minimum Gasteiger partial charge on any atom is -0.504 e. The molecule has 1 aliphatic carbocycles. The van der Waals surface area contributed by atoms with E-state index in [-0.39, 0.29) is 77.4 Å². The molecule has 3 aromatic rings. The third-order valence-electron chi connectivity index (χ3n) is 9.36. The van der Waals surface area contributed by atoms with Gasteiger partial charge in [0.25, 0.3) is 0 Å². The molecule has 1 amide bonds. The van der Waals surface area contributed by atoms with Crippen molar-refractivity contribution >= 4 is 40.7 Å². The normalized spacial score (nSPS) is 27.8. The van der Waals surface area contributed by atoms with E-state index in [9.17, 15) is 34.8 Å². The lowest BCUT2D eigenvalue weighted by molar-refractivity contribution is -0.279. The van der Waals surface area contributed by atoms with Crippen LogP contribution in [0, 0.1) is 0 Å². The van der Waals surface area contributed by atoms with Gasteiger partial charge in [-0.15, -0.1) is 0 Å². The van der Waals surface area contributed by atoms with E-state index in [1.807, 2.05) is 0 Å². The van der Waals surface area contributed by atoms with Crippen molar-refractivity contribution in [2.24, 2.45) is 20.7 Å². The highest BCUT2D eigenvalue weighted by atomic mass is 16.7. The Morgan fingerprint density at radius 1 is 0.857 bits per heavy atom. The Morgan fingerprint density at radius 2 is 1.59 bits per heavy atom. The molecule has 15 nitrogen and oxygen atoms in total. The SMILES string of the molecule is NC1=NC(=O)C2=NCN(c3ccccc3[C@@H]3CCOC[C@@H]4O[C@H](Oc5c3cc3c(c5O)C(=O)c5ccccc5C3=O)[C@@H](O)[C@H](O)[C@H]4O)C2=N1. The van der Waals surface area contributed by atoms with Gasteiger partial charge in [0, 0.05) is 40.5 Å². The van der Waals surface area contributed by atoms with Crippen molar-refractivity contribution in [3.63, 3.8) is 0 Å². The van der Waals surface area contributed by atoms with Crippen LogP contribution in [0.3, 0.4) is 0 Å². The molecule has 0 radical (unpaired) electrons. The molecule has 1 saturated heterocycles. The number of aromatic hydroxyl groups is 1. The van der Waals surface area contributed by atoms with Crippen molar-refractivity contribution < 1.29 is 49.0 Å². The zero-order chi connectivity index (χ0) is 34.1. The summed E-state index contributed by atoms with van der Waals surface area (Å²) in [5, 5.41) is 44.1. The van der Waals surface area contributed by atoms with Gasteiger partial charge >= 0.3 is 5.91 Å². The second kappa shape index (κ2) is 11.7. The molecule has 250 valence electrons. The van der Waals surface area contributed by atoms with Crippen molar-refractivity contribution in [3.8, 4) is 11.5 Å². The van der Waals surface area contributed by atoms with E-state index < -0.39 is 59.8 Å². The molecule has 5 aliphatic rings. The quantitative estimate of drug-likeness (QED) is 0.196. The molecular weight excluding hydrogens is 638 g/mol. The summed E-state index contributed by atoms with van der Waals surface area (Å²) in [7, 11) is 0. The summed E-state index contributed by atoms with van der Waals surface area (Å²) in [5.41, 5.74) is 7.22. The Kier molecular flexibility index (Phi) is 7.38. The lowest BCUT2D eigenvalue weighted by Gasteiger charge is -2.40. The molecule has 1 fully saturated rings. The number of guanidine groups is 1. The molecule has 6 atom stereocenters. The van der Waals surface area contributed by atoms with Crippen molar-refractivity contribution in [3.05, 3.63) is 88.0 Å². The number of hydrogen-bond donors (Lipinski definition) is 5. The molecule has 3 aromatic carbocycles. The van der Waals surface area contributed by atoms with E-state index in [1.165, 1.54) is 18.2 Å². The first-order valence-electron chi connectivity index (χ1n) is 15.5. The predicted molar refractivity (Wildman–Crippen MR) is 171 cm³/mol. The average Bonchev–Trinajstić information content (AvgIpc) is 3.51. The van der Waals surface area contributed by atoms with Gasteiger partial charge in [0.2, 0.25) is 12.2 Å². The molecular formula is C34H29N5O10. The summed E-state index contributed by atoms with van der Waals surface area (Å²) >= 11 is 0. The largest absolute Gasteiger partial charge is 0.504 e. The molecule has 0 saturated carbocycles. The van der Waals surface area contributed by atoms with Gasteiger partial charge in [-0.1, -0.05) is 42.5 Å². The summed E-state index contributed by atoms with van der Waals surface area (Å²) < 4.78 is 17.9. The summed E-state index contributed by atoms with van der Waals surface area (Å²) in [6.45, 7) is -0.0983.